The van der Waals surface area contributed by atoms with Crippen molar-refractivity contribution in [2.75, 3.05) is 13.1 Å². The van der Waals surface area contributed by atoms with Crippen LogP contribution in [0.3, 0.4) is 0 Å². The van der Waals surface area contributed by atoms with E-state index in [1.807, 2.05) is 0 Å². The SMILES string of the molecule is O[C@@H]1CN2C[C@@H]1CCC2c1nsnc1OCc1ccc(F)cc1. The number of rotatable bonds is 4. The normalized spacial score (nSPS) is 29.7. The number of hydrogen-bond acceptors (Lipinski definition) is 6. The number of ether oxygens (including phenoxy) is 1. The van der Waals surface area contributed by atoms with Gasteiger partial charge in [-0.1, -0.05) is 12.1 Å². The van der Waals surface area contributed by atoms with Gasteiger partial charge in [0.05, 0.1) is 23.9 Å². The molecule has 2 aliphatic heterocycles. The molecule has 5 nitrogen and oxygen atoms in total. The highest BCUT2D eigenvalue weighted by molar-refractivity contribution is 6.99. The molecule has 0 saturated carbocycles. The molecule has 1 aromatic carbocycles. The summed E-state index contributed by atoms with van der Waals surface area (Å²) in [5, 5.41) is 10.0. The molecule has 2 aromatic rings. The van der Waals surface area contributed by atoms with Gasteiger partial charge in [-0.25, -0.2) is 4.39 Å². The molecule has 0 amide bonds. The molecular weight excluding hydrogens is 317 g/mol. The van der Waals surface area contributed by atoms with Gasteiger partial charge in [-0.3, -0.25) is 4.90 Å². The van der Waals surface area contributed by atoms with E-state index in [2.05, 4.69) is 13.6 Å². The van der Waals surface area contributed by atoms with Gasteiger partial charge in [0.25, 0.3) is 5.88 Å². The molecule has 23 heavy (non-hydrogen) atoms. The Morgan fingerprint density at radius 1 is 1.22 bits per heavy atom. The highest BCUT2D eigenvalue weighted by Crippen LogP contribution is 2.41. The van der Waals surface area contributed by atoms with E-state index in [0.29, 0.717) is 24.9 Å². The second kappa shape index (κ2) is 6.14. The Bertz CT molecular complexity index is 676. The zero-order valence-corrected chi connectivity index (χ0v) is 13.4. The van der Waals surface area contributed by atoms with Gasteiger partial charge in [-0.05, 0) is 36.5 Å². The summed E-state index contributed by atoms with van der Waals surface area (Å²) in [7, 11) is 0. The Labute approximate surface area is 138 Å². The lowest BCUT2D eigenvalue weighted by atomic mass is 9.93. The topological polar surface area (TPSA) is 58.5 Å². The fourth-order valence-electron chi connectivity index (χ4n) is 3.51. The first-order valence-corrected chi connectivity index (χ1v) is 8.55. The number of aliphatic hydroxyl groups is 1. The first-order valence-electron chi connectivity index (χ1n) is 7.82. The quantitative estimate of drug-likeness (QED) is 0.930. The predicted octanol–water partition coefficient (Wildman–Crippen LogP) is 2.38. The predicted molar refractivity (Wildman–Crippen MR) is 83.7 cm³/mol. The van der Waals surface area contributed by atoms with Crippen LogP contribution in [0.5, 0.6) is 5.88 Å². The third-order valence-corrected chi connectivity index (χ3v) is 5.30. The fraction of sp³-hybridized carbons (Fsp3) is 0.500. The second-order valence-electron chi connectivity index (χ2n) is 6.24. The van der Waals surface area contributed by atoms with Crippen LogP contribution in [0.25, 0.3) is 0 Å². The highest BCUT2D eigenvalue weighted by Gasteiger charge is 2.42. The first kappa shape index (κ1) is 15.0. The summed E-state index contributed by atoms with van der Waals surface area (Å²) in [6, 6.07) is 6.43. The number of piperidine rings is 1. The van der Waals surface area contributed by atoms with Gasteiger partial charge < -0.3 is 9.84 Å². The van der Waals surface area contributed by atoms with Crippen molar-refractivity contribution in [3.8, 4) is 5.88 Å². The van der Waals surface area contributed by atoms with Gasteiger partial charge in [-0.2, -0.15) is 4.37 Å². The minimum Gasteiger partial charge on any atom is -0.471 e. The van der Waals surface area contributed by atoms with Gasteiger partial charge in [0, 0.05) is 13.1 Å². The lowest BCUT2D eigenvalue weighted by molar-refractivity contribution is 0.144. The van der Waals surface area contributed by atoms with Crippen molar-refractivity contribution in [2.45, 2.75) is 31.6 Å². The monoisotopic (exact) mass is 335 g/mol. The minimum absolute atomic E-state index is 0.172. The summed E-state index contributed by atoms with van der Waals surface area (Å²) in [6.45, 7) is 1.96. The highest BCUT2D eigenvalue weighted by atomic mass is 32.1. The van der Waals surface area contributed by atoms with E-state index in [-0.39, 0.29) is 18.0 Å². The van der Waals surface area contributed by atoms with Gasteiger partial charge in [0.1, 0.15) is 18.1 Å². The smallest absolute Gasteiger partial charge is 0.251 e. The first-order chi connectivity index (χ1) is 11.2. The third kappa shape index (κ3) is 2.96. The number of aromatic nitrogens is 2. The van der Waals surface area contributed by atoms with Crippen LogP contribution in [0.15, 0.2) is 24.3 Å². The Hall–Kier alpha value is -1.57. The number of benzene rings is 1. The van der Waals surface area contributed by atoms with Crippen molar-refractivity contribution in [1.82, 2.24) is 13.6 Å². The second-order valence-corrected chi connectivity index (χ2v) is 6.77. The summed E-state index contributed by atoms with van der Waals surface area (Å²) in [4.78, 5) is 2.28. The maximum atomic E-state index is 12.9. The molecule has 0 radical (unpaired) electrons. The number of halogens is 1. The molecule has 3 heterocycles. The van der Waals surface area contributed by atoms with E-state index in [1.165, 1.54) is 12.1 Å². The summed E-state index contributed by atoms with van der Waals surface area (Å²) in [5.41, 5.74) is 1.76. The number of fused-ring (bicyclic) bond motifs is 2. The van der Waals surface area contributed by atoms with Gasteiger partial charge in [-0.15, -0.1) is 4.37 Å². The van der Waals surface area contributed by atoms with Gasteiger partial charge >= 0.3 is 0 Å². The van der Waals surface area contributed by atoms with Crippen LogP contribution >= 0.6 is 11.7 Å². The number of hydrogen-bond donors (Lipinski definition) is 1. The minimum atomic E-state index is -0.255. The molecular formula is C16H18FN3O2S. The van der Waals surface area contributed by atoms with Crippen molar-refractivity contribution in [2.24, 2.45) is 5.92 Å². The summed E-state index contributed by atoms with van der Waals surface area (Å²) in [5.74, 6) is 0.694. The fourth-order valence-corrected chi connectivity index (χ4v) is 4.06. The van der Waals surface area contributed by atoms with E-state index in [9.17, 15) is 9.50 Å². The standard InChI is InChI=1S/C16H18FN3O2S/c17-12-4-1-10(2-5-12)9-22-16-15(18-23-19-16)13-6-3-11-7-20(13)8-14(11)21/h1-2,4-5,11,13-14,21H,3,6-9H2/t11-,13?,14+/m0/s1. The molecule has 0 spiro atoms. The molecule has 4 atom stereocenters. The summed E-state index contributed by atoms with van der Waals surface area (Å²) >= 11 is 1.15. The lowest BCUT2D eigenvalue weighted by Crippen LogP contribution is -2.31. The van der Waals surface area contributed by atoms with Gasteiger partial charge in [0.15, 0.2) is 0 Å². The molecule has 2 fully saturated rings. The maximum absolute atomic E-state index is 12.9. The molecule has 2 unspecified atom stereocenters. The Morgan fingerprint density at radius 2 is 2.04 bits per heavy atom. The van der Waals surface area contributed by atoms with Crippen LogP contribution in [0, 0.1) is 11.7 Å². The molecule has 7 heteroatoms. The molecule has 2 aliphatic rings. The zero-order valence-electron chi connectivity index (χ0n) is 12.6. The van der Waals surface area contributed by atoms with Crippen LogP contribution in [-0.2, 0) is 6.61 Å². The van der Waals surface area contributed by atoms with Crippen molar-refractivity contribution in [1.29, 1.82) is 0 Å². The summed E-state index contributed by atoms with van der Waals surface area (Å²) in [6.07, 6.45) is 1.76. The van der Waals surface area contributed by atoms with E-state index in [1.54, 1.807) is 12.1 Å². The molecule has 4 rings (SSSR count). The van der Waals surface area contributed by atoms with Crippen molar-refractivity contribution in [3.63, 3.8) is 0 Å². The van der Waals surface area contributed by atoms with Gasteiger partial charge in [0.2, 0.25) is 0 Å². The zero-order chi connectivity index (χ0) is 15.8. The summed E-state index contributed by atoms with van der Waals surface area (Å²) < 4.78 is 27.5. The molecule has 2 bridgehead atoms. The van der Waals surface area contributed by atoms with Crippen molar-refractivity contribution < 1.29 is 14.2 Å². The van der Waals surface area contributed by atoms with Crippen LogP contribution < -0.4 is 4.74 Å². The van der Waals surface area contributed by atoms with E-state index < -0.39 is 0 Å². The van der Waals surface area contributed by atoms with Crippen LogP contribution in [-0.4, -0.2) is 37.9 Å². The average molecular weight is 335 g/mol. The van der Waals surface area contributed by atoms with Crippen molar-refractivity contribution >= 4 is 11.7 Å². The maximum Gasteiger partial charge on any atom is 0.251 e. The number of aliphatic hydroxyl groups excluding tert-OH is 1. The Morgan fingerprint density at radius 3 is 2.87 bits per heavy atom. The van der Waals surface area contributed by atoms with Crippen LogP contribution in [0.4, 0.5) is 4.39 Å². The van der Waals surface area contributed by atoms with Crippen LogP contribution in [0.1, 0.15) is 30.1 Å². The average Bonchev–Trinajstić information content (AvgIpc) is 3.13. The molecule has 1 N–H and O–H groups in total. The Kier molecular flexibility index (Phi) is 4.00. The Balaban J connectivity index is 1.47. The molecule has 122 valence electrons. The third-order valence-electron chi connectivity index (χ3n) is 4.77. The number of nitrogens with zero attached hydrogens (tertiary/aromatic N) is 3. The molecule has 1 aromatic heterocycles. The molecule has 2 saturated heterocycles. The van der Waals surface area contributed by atoms with E-state index in [0.717, 1.165) is 42.4 Å². The largest absolute Gasteiger partial charge is 0.471 e. The lowest BCUT2D eigenvalue weighted by Gasteiger charge is -2.30. The van der Waals surface area contributed by atoms with E-state index >= 15 is 0 Å². The molecule has 0 aliphatic carbocycles. The van der Waals surface area contributed by atoms with E-state index in [4.69, 9.17) is 4.74 Å². The van der Waals surface area contributed by atoms with Crippen molar-refractivity contribution in [3.05, 3.63) is 41.3 Å². The van der Waals surface area contributed by atoms with Crippen LogP contribution in [0.2, 0.25) is 0 Å².